The highest BCUT2D eigenvalue weighted by Gasteiger charge is 2.32. The maximum atomic E-state index is 12.3. The molecule has 1 rings (SSSR count). The molecule has 0 fully saturated rings. The lowest BCUT2D eigenvalue weighted by Crippen LogP contribution is -2.26. The average molecular weight is 395 g/mol. The molecule has 0 aliphatic heterocycles. The molecule has 6 nitrogen and oxygen atoms in total. The van der Waals surface area contributed by atoms with Gasteiger partial charge in [0.15, 0.2) is 6.61 Å². The lowest BCUT2D eigenvalue weighted by atomic mass is 9.76. The maximum absolute atomic E-state index is 12.3. The van der Waals surface area contributed by atoms with Crippen LogP contribution < -0.4 is 10.1 Å². The molecule has 0 atom stereocenters. The molecule has 0 saturated heterocycles. The number of rotatable bonds is 12. The zero-order valence-electron chi connectivity index (χ0n) is 18.2. The number of ketones is 1. The molecule has 0 bridgehead atoms. The van der Waals surface area contributed by atoms with Gasteiger partial charge in [-0.2, -0.15) is 0 Å². The molecule has 28 heavy (non-hydrogen) atoms. The minimum atomic E-state index is -0.515. The number of hydrogen-bond donors (Lipinski definition) is 1. The molecule has 1 aromatic carbocycles. The van der Waals surface area contributed by atoms with Crippen LogP contribution in [0.5, 0.6) is 5.75 Å². The minimum Gasteiger partial charge on any atom is -0.375 e. The fourth-order valence-electron chi connectivity index (χ4n) is 3.41. The highest BCUT2D eigenvalue weighted by molar-refractivity contribution is 5.80. The largest absolute Gasteiger partial charge is 0.718 e. The zero-order chi connectivity index (χ0) is 21.2. The van der Waals surface area contributed by atoms with Gasteiger partial charge in [-0.25, -0.2) is 0 Å². The number of Topliss-reactive ketones (excluding diaryl/α,β-unsaturated/α-hetero) is 1. The van der Waals surface area contributed by atoms with Gasteiger partial charge < -0.3 is 19.6 Å². The summed E-state index contributed by atoms with van der Waals surface area (Å²) >= 11 is 0. The van der Waals surface area contributed by atoms with E-state index >= 15 is 0 Å². The first-order chi connectivity index (χ1) is 13.2. The Labute approximate surface area is 168 Å². The Kier molecular flexibility index (Phi) is 10.2. The van der Waals surface area contributed by atoms with E-state index in [0.29, 0.717) is 31.8 Å². The molecule has 6 heteroatoms. The van der Waals surface area contributed by atoms with Crippen LogP contribution in [0.4, 0.5) is 0 Å². The third-order valence-corrected chi connectivity index (χ3v) is 4.44. The van der Waals surface area contributed by atoms with Crippen molar-refractivity contribution < 1.29 is 23.8 Å². The van der Waals surface area contributed by atoms with Crippen molar-refractivity contribution in [1.29, 1.82) is 0 Å². The highest BCUT2D eigenvalue weighted by Crippen LogP contribution is 2.38. The van der Waals surface area contributed by atoms with Gasteiger partial charge in [-0.1, -0.05) is 26.8 Å². The number of likely N-dealkylation sites (N-methyl/N-ethyl adjacent to an activating group) is 1. The van der Waals surface area contributed by atoms with E-state index in [1.165, 1.54) is 0 Å². The fraction of sp³-hybridized carbons (Fsp3) is 0.636. The second-order valence-electron chi connectivity index (χ2n) is 7.74. The van der Waals surface area contributed by atoms with Crippen molar-refractivity contribution >= 4 is 11.9 Å². The third kappa shape index (κ3) is 7.98. The number of nitrogens with one attached hydrogen (secondary N) is 1. The van der Waals surface area contributed by atoms with Crippen molar-refractivity contribution in [2.45, 2.75) is 59.3 Å². The molecular formula is C22H36NO5+. The van der Waals surface area contributed by atoms with Crippen molar-refractivity contribution in [2.75, 3.05) is 33.4 Å². The summed E-state index contributed by atoms with van der Waals surface area (Å²) in [5.41, 5.74) is 2.52. The standard InChI is InChI=1S/C22H35NO5/c1-7-8-18(24)15-22(4,5)20-17(3)13-16(2)14-19(20)28-21(25)27-12-11-26-10-9-23-6/h13-14,23H,7-12,15H2,1-6H3/p+1. The number of carbonyl (C=O) groups is 1. The Morgan fingerprint density at radius 3 is 2.54 bits per heavy atom. The van der Waals surface area contributed by atoms with E-state index in [-0.39, 0.29) is 12.4 Å². The summed E-state index contributed by atoms with van der Waals surface area (Å²) in [6.45, 7) is 11.9. The summed E-state index contributed by atoms with van der Waals surface area (Å²) in [5.74, 6) is 0.738. The van der Waals surface area contributed by atoms with E-state index in [4.69, 9.17) is 14.2 Å². The SMILES string of the molecule is CCCC(=O)CC(C)(C)c1c(C)cc(C)cc1OC(=[OH+])OCCOCCNC. The lowest BCUT2D eigenvalue weighted by molar-refractivity contribution is -0.120. The van der Waals surface area contributed by atoms with E-state index in [0.717, 1.165) is 29.7 Å². The van der Waals surface area contributed by atoms with E-state index < -0.39 is 11.6 Å². The van der Waals surface area contributed by atoms with Gasteiger partial charge in [-0.15, -0.1) is 0 Å². The summed E-state index contributed by atoms with van der Waals surface area (Å²) in [7, 11) is 1.85. The Bertz CT molecular complexity index is 655. The van der Waals surface area contributed by atoms with Crippen LogP contribution in [0.25, 0.3) is 0 Å². The highest BCUT2D eigenvalue weighted by atomic mass is 16.7. The molecule has 158 valence electrons. The van der Waals surface area contributed by atoms with E-state index in [9.17, 15) is 9.59 Å². The molecule has 0 aromatic heterocycles. The second kappa shape index (κ2) is 11.8. The predicted octanol–water partition coefficient (Wildman–Crippen LogP) is 3.43. The normalized spacial score (nSPS) is 11.4. The van der Waals surface area contributed by atoms with Crippen LogP contribution in [0.3, 0.4) is 0 Å². The fourth-order valence-corrected chi connectivity index (χ4v) is 3.41. The van der Waals surface area contributed by atoms with E-state index in [2.05, 4.69) is 11.4 Å². The van der Waals surface area contributed by atoms with Crippen molar-refractivity contribution in [3.63, 3.8) is 0 Å². The van der Waals surface area contributed by atoms with Gasteiger partial charge in [-0.05, 0) is 38.4 Å². The summed E-state index contributed by atoms with van der Waals surface area (Å²) in [5, 5.41) is 2.98. The zero-order valence-corrected chi connectivity index (χ0v) is 18.2. The van der Waals surface area contributed by atoms with Crippen LogP contribution in [0, 0.1) is 13.8 Å². The maximum Gasteiger partial charge on any atom is 0.718 e. The minimum absolute atomic E-state index is 0.189. The molecule has 0 aliphatic rings. The second-order valence-corrected chi connectivity index (χ2v) is 7.74. The van der Waals surface area contributed by atoms with Gasteiger partial charge in [-0.3, -0.25) is 9.53 Å². The van der Waals surface area contributed by atoms with Crippen LogP contribution in [-0.2, 0) is 19.7 Å². The van der Waals surface area contributed by atoms with Crippen LogP contribution in [0.15, 0.2) is 12.1 Å². The van der Waals surface area contributed by atoms with Gasteiger partial charge >= 0.3 is 6.16 Å². The molecule has 0 spiro atoms. The van der Waals surface area contributed by atoms with Crippen molar-refractivity contribution in [3.8, 4) is 5.75 Å². The molecule has 2 N–H and O–H groups in total. The Morgan fingerprint density at radius 1 is 1.18 bits per heavy atom. The van der Waals surface area contributed by atoms with Gasteiger partial charge in [0.25, 0.3) is 0 Å². The molecule has 0 radical (unpaired) electrons. The van der Waals surface area contributed by atoms with E-state index in [1.54, 1.807) is 0 Å². The summed E-state index contributed by atoms with van der Waals surface area (Å²) < 4.78 is 16.2. The first-order valence-electron chi connectivity index (χ1n) is 9.93. The Morgan fingerprint density at radius 2 is 1.89 bits per heavy atom. The third-order valence-electron chi connectivity index (χ3n) is 4.44. The van der Waals surface area contributed by atoms with Crippen molar-refractivity contribution in [3.05, 3.63) is 28.8 Å². The van der Waals surface area contributed by atoms with Gasteiger partial charge in [0.2, 0.25) is 5.75 Å². The number of benzene rings is 1. The van der Waals surface area contributed by atoms with Crippen LogP contribution in [-0.4, -0.2) is 50.1 Å². The lowest BCUT2D eigenvalue weighted by Gasteiger charge is -2.27. The summed E-state index contributed by atoms with van der Waals surface area (Å²) in [6, 6.07) is 3.92. The van der Waals surface area contributed by atoms with Gasteiger partial charge in [0.05, 0.1) is 13.2 Å². The summed E-state index contributed by atoms with van der Waals surface area (Å²) in [4.78, 5) is 22.3. The van der Waals surface area contributed by atoms with Crippen LogP contribution in [0.1, 0.15) is 56.7 Å². The molecule has 0 saturated carbocycles. The molecule has 0 heterocycles. The quantitative estimate of drug-likeness (QED) is 0.254. The first kappa shape index (κ1) is 24.1. The topological polar surface area (TPSA) is 78.2 Å². The smallest absolute Gasteiger partial charge is 0.375 e. The van der Waals surface area contributed by atoms with Crippen molar-refractivity contribution in [2.24, 2.45) is 0 Å². The van der Waals surface area contributed by atoms with E-state index in [1.807, 2.05) is 47.7 Å². The average Bonchev–Trinajstić information content (AvgIpc) is 2.56. The molecule has 0 aliphatic carbocycles. The number of ether oxygens (including phenoxy) is 3. The van der Waals surface area contributed by atoms with Crippen molar-refractivity contribution in [1.82, 2.24) is 5.32 Å². The number of aryl methyl sites for hydroxylation is 2. The Balaban J connectivity index is 2.85. The molecule has 1 aromatic rings. The molecular weight excluding hydrogens is 358 g/mol. The first-order valence-corrected chi connectivity index (χ1v) is 9.93. The van der Waals surface area contributed by atoms with Gasteiger partial charge in [0.1, 0.15) is 5.78 Å². The van der Waals surface area contributed by atoms with Crippen LogP contribution in [0.2, 0.25) is 0 Å². The number of hydrogen-bond acceptors (Lipinski definition) is 5. The van der Waals surface area contributed by atoms with Gasteiger partial charge in [0, 0.05) is 36.4 Å². The number of carbonyl (C=O) groups excluding carboxylic acids is 2. The molecule has 0 amide bonds. The monoisotopic (exact) mass is 394 g/mol. The predicted molar refractivity (Wildman–Crippen MR) is 112 cm³/mol. The molecule has 0 unspecified atom stereocenters. The summed E-state index contributed by atoms with van der Waals surface area (Å²) in [6.07, 6.45) is 1.31. The van der Waals surface area contributed by atoms with Crippen LogP contribution >= 0.6 is 0 Å². The Hall–Kier alpha value is -1.92.